The second-order valence-electron chi connectivity index (χ2n) is 7.65. The molecule has 34 heavy (non-hydrogen) atoms. The molecule has 4 aromatic rings. The Labute approximate surface area is 196 Å². The molecule has 2 aromatic carbocycles. The van der Waals surface area contributed by atoms with Crippen molar-refractivity contribution in [3.8, 4) is 5.75 Å². The summed E-state index contributed by atoms with van der Waals surface area (Å²) in [7, 11) is 1.54. The van der Waals surface area contributed by atoms with Crippen LogP contribution in [-0.2, 0) is 4.79 Å². The molecule has 0 spiro atoms. The maximum absolute atomic E-state index is 12.9. The molecule has 0 radical (unpaired) electrons. The predicted molar refractivity (Wildman–Crippen MR) is 131 cm³/mol. The number of hydrogen-bond donors (Lipinski definition) is 3. The third kappa shape index (κ3) is 5.47. The minimum Gasteiger partial charge on any atom is -0.497 e. The number of rotatable bonds is 9. The topological polar surface area (TPSA) is 117 Å². The Bertz CT molecular complexity index is 1380. The summed E-state index contributed by atoms with van der Waals surface area (Å²) >= 11 is 0. The van der Waals surface area contributed by atoms with Gasteiger partial charge in [-0.1, -0.05) is 36.4 Å². The van der Waals surface area contributed by atoms with E-state index in [1.54, 1.807) is 49.7 Å². The van der Waals surface area contributed by atoms with Crippen molar-refractivity contribution in [1.82, 2.24) is 15.0 Å². The Morgan fingerprint density at radius 2 is 2.06 bits per heavy atom. The first kappa shape index (κ1) is 22.7. The first-order valence-electron chi connectivity index (χ1n) is 10.7. The molecule has 3 N–H and O–H groups in total. The molecule has 0 saturated carbocycles. The summed E-state index contributed by atoms with van der Waals surface area (Å²) < 4.78 is 5.26. The molecular formula is C26H24N4O4. The molecule has 0 unspecified atom stereocenters. The average Bonchev–Trinajstić information content (AvgIpc) is 2.86. The number of aromatic amines is 1. The molecule has 172 valence electrons. The zero-order chi connectivity index (χ0) is 23.9. The Hall–Kier alpha value is -4.46. The molecule has 0 aliphatic heterocycles. The SMILES string of the molecule is COc1cccc([C@@H](CC(=O)O)c2nc3ccc(/C=C/CNc4ccccn4)cc3c(=O)[nH]2)c1. The summed E-state index contributed by atoms with van der Waals surface area (Å²) in [5.74, 6) is 0.0732. The summed E-state index contributed by atoms with van der Waals surface area (Å²) in [5, 5.41) is 13.1. The third-order valence-corrected chi connectivity index (χ3v) is 5.33. The number of pyridine rings is 1. The number of H-pyrrole nitrogens is 1. The van der Waals surface area contributed by atoms with Crippen LogP contribution in [0.2, 0.25) is 0 Å². The fourth-order valence-electron chi connectivity index (χ4n) is 3.67. The molecule has 8 nitrogen and oxygen atoms in total. The molecule has 0 amide bonds. The maximum Gasteiger partial charge on any atom is 0.304 e. The Morgan fingerprint density at radius 3 is 2.82 bits per heavy atom. The van der Waals surface area contributed by atoms with E-state index in [-0.39, 0.29) is 12.0 Å². The van der Waals surface area contributed by atoms with Crippen molar-refractivity contribution in [1.29, 1.82) is 0 Å². The van der Waals surface area contributed by atoms with Gasteiger partial charge in [0.25, 0.3) is 5.56 Å². The Kier molecular flexibility index (Phi) is 6.98. The number of anilines is 1. The van der Waals surface area contributed by atoms with Gasteiger partial charge in [0.05, 0.1) is 30.4 Å². The van der Waals surface area contributed by atoms with Crippen molar-refractivity contribution in [2.45, 2.75) is 12.3 Å². The van der Waals surface area contributed by atoms with Gasteiger partial charge in [0.1, 0.15) is 17.4 Å². The summed E-state index contributed by atoms with van der Waals surface area (Å²) in [6.07, 6.45) is 5.35. The summed E-state index contributed by atoms with van der Waals surface area (Å²) in [5.41, 5.74) is 1.73. The first-order valence-corrected chi connectivity index (χ1v) is 10.7. The van der Waals surface area contributed by atoms with E-state index in [0.29, 0.717) is 34.6 Å². The quantitative estimate of drug-likeness (QED) is 0.348. The molecule has 8 heteroatoms. The van der Waals surface area contributed by atoms with Crippen molar-refractivity contribution in [2.24, 2.45) is 0 Å². The summed E-state index contributed by atoms with van der Waals surface area (Å²) in [6.45, 7) is 0.583. The van der Waals surface area contributed by atoms with Crippen molar-refractivity contribution in [3.63, 3.8) is 0 Å². The third-order valence-electron chi connectivity index (χ3n) is 5.33. The van der Waals surface area contributed by atoms with E-state index in [0.717, 1.165) is 11.4 Å². The van der Waals surface area contributed by atoms with Crippen molar-refractivity contribution in [3.05, 3.63) is 100 Å². The lowest BCUT2D eigenvalue weighted by atomic mass is 9.94. The predicted octanol–water partition coefficient (Wildman–Crippen LogP) is 4.06. The van der Waals surface area contributed by atoms with Gasteiger partial charge >= 0.3 is 5.97 Å². The minimum atomic E-state index is -0.990. The van der Waals surface area contributed by atoms with Gasteiger partial charge < -0.3 is 20.1 Å². The van der Waals surface area contributed by atoms with Crippen LogP contribution in [0.1, 0.15) is 29.3 Å². The molecule has 4 rings (SSSR count). The van der Waals surface area contributed by atoms with E-state index < -0.39 is 11.9 Å². The van der Waals surface area contributed by atoms with Gasteiger partial charge in [-0.25, -0.2) is 9.97 Å². The second-order valence-corrected chi connectivity index (χ2v) is 7.65. The van der Waals surface area contributed by atoms with Crippen LogP contribution < -0.4 is 15.6 Å². The van der Waals surface area contributed by atoms with Crippen LogP contribution in [0.3, 0.4) is 0 Å². The van der Waals surface area contributed by atoms with Crippen LogP contribution >= 0.6 is 0 Å². The first-order chi connectivity index (χ1) is 16.5. The van der Waals surface area contributed by atoms with E-state index in [1.165, 1.54) is 0 Å². The molecule has 0 aliphatic rings. The fraction of sp³-hybridized carbons (Fsp3) is 0.154. The van der Waals surface area contributed by atoms with Gasteiger partial charge in [-0.05, 0) is 47.5 Å². The lowest BCUT2D eigenvalue weighted by Gasteiger charge is -2.16. The molecule has 0 saturated heterocycles. The van der Waals surface area contributed by atoms with E-state index in [4.69, 9.17) is 4.74 Å². The van der Waals surface area contributed by atoms with Gasteiger partial charge in [-0.3, -0.25) is 9.59 Å². The number of carbonyl (C=O) groups is 1. The average molecular weight is 457 g/mol. The number of methoxy groups -OCH3 is 1. The molecule has 0 fully saturated rings. The second kappa shape index (κ2) is 10.4. The van der Waals surface area contributed by atoms with Crippen LogP contribution in [0.15, 0.2) is 77.7 Å². The normalized spacial score (nSPS) is 12.0. The lowest BCUT2D eigenvalue weighted by molar-refractivity contribution is -0.137. The van der Waals surface area contributed by atoms with Crippen molar-refractivity contribution < 1.29 is 14.6 Å². The van der Waals surface area contributed by atoms with E-state index in [9.17, 15) is 14.7 Å². The maximum atomic E-state index is 12.9. The Morgan fingerprint density at radius 1 is 1.18 bits per heavy atom. The molecule has 2 heterocycles. The highest BCUT2D eigenvalue weighted by Gasteiger charge is 2.22. The zero-order valence-electron chi connectivity index (χ0n) is 18.6. The molecule has 0 aliphatic carbocycles. The van der Waals surface area contributed by atoms with E-state index in [1.807, 2.05) is 36.4 Å². The van der Waals surface area contributed by atoms with Gasteiger partial charge in [-0.15, -0.1) is 0 Å². The van der Waals surface area contributed by atoms with Gasteiger partial charge in [0.2, 0.25) is 0 Å². The van der Waals surface area contributed by atoms with Crippen LogP contribution in [0, 0.1) is 0 Å². The summed E-state index contributed by atoms with van der Waals surface area (Å²) in [6, 6.07) is 18.2. The number of carboxylic acids is 1. The van der Waals surface area contributed by atoms with Crippen LogP contribution in [-0.4, -0.2) is 39.7 Å². The van der Waals surface area contributed by atoms with E-state index in [2.05, 4.69) is 20.3 Å². The smallest absolute Gasteiger partial charge is 0.304 e. The largest absolute Gasteiger partial charge is 0.497 e. The van der Waals surface area contributed by atoms with E-state index >= 15 is 0 Å². The standard InChI is InChI=1S/C26H24N4O4/c1-34-19-8-4-7-18(15-19)20(16-24(31)32)25-29-22-11-10-17(14-21(22)26(33)30-25)6-5-13-28-23-9-2-3-12-27-23/h2-12,14-15,20H,13,16H2,1H3,(H,27,28)(H,31,32)(H,29,30,33)/b6-5+/t20-/m1/s1. The number of aromatic nitrogens is 3. The lowest BCUT2D eigenvalue weighted by Crippen LogP contribution is -2.18. The molecular weight excluding hydrogens is 432 g/mol. The van der Waals surface area contributed by atoms with Gasteiger partial charge in [0.15, 0.2) is 0 Å². The van der Waals surface area contributed by atoms with Gasteiger partial charge in [0, 0.05) is 12.7 Å². The van der Waals surface area contributed by atoms with Crippen LogP contribution in [0.5, 0.6) is 5.75 Å². The number of aliphatic carboxylic acids is 1. The molecule has 1 atom stereocenters. The number of benzene rings is 2. The number of carboxylic acid groups (broad SMARTS) is 1. The Balaban J connectivity index is 1.60. The zero-order valence-corrected chi connectivity index (χ0v) is 18.6. The van der Waals surface area contributed by atoms with Crippen LogP contribution in [0.25, 0.3) is 17.0 Å². The van der Waals surface area contributed by atoms with Crippen molar-refractivity contribution in [2.75, 3.05) is 19.0 Å². The number of fused-ring (bicyclic) bond motifs is 1. The number of ether oxygens (including phenoxy) is 1. The highest BCUT2D eigenvalue weighted by Crippen LogP contribution is 2.28. The summed E-state index contributed by atoms with van der Waals surface area (Å²) in [4.78, 5) is 36.0. The minimum absolute atomic E-state index is 0.217. The van der Waals surface area contributed by atoms with Gasteiger partial charge in [-0.2, -0.15) is 0 Å². The molecule has 0 bridgehead atoms. The molecule has 2 aromatic heterocycles. The number of hydrogen-bond acceptors (Lipinski definition) is 6. The highest BCUT2D eigenvalue weighted by atomic mass is 16.5. The number of nitrogens with zero attached hydrogens (tertiary/aromatic N) is 2. The van der Waals surface area contributed by atoms with Crippen LogP contribution in [0.4, 0.5) is 5.82 Å². The highest BCUT2D eigenvalue weighted by molar-refractivity contribution is 5.80. The number of nitrogens with one attached hydrogen (secondary N) is 2. The van der Waals surface area contributed by atoms with Crippen molar-refractivity contribution >= 4 is 28.8 Å². The fourth-order valence-corrected chi connectivity index (χ4v) is 3.67. The monoisotopic (exact) mass is 456 g/mol.